The van der Waals surface area contributed by atoms with Crippen molar-refractivity contribution in [1.82, 2.24) is 0 Å². The Hall–Kier alpha value is -2.65. The molecule has 144 valence electrons. The third-order valence-corrected chi connectivity index (χ3v) is 5.50. The largest absolute Gasteiger partial charge is 0.371 e. The molecule has 0 aliphatic carbocycles. The average Bonchev–Trinajstić information content (AvgIpc) is 2.90. The van der Waals surface area contributed by atoms with Crippen LogP contribution in [-0.4, -0.2) is 26.4 Å². The summed E-state index contributed by atoms with van der Waals surface area (Å²) in [6.45, 7) is 1.99. The van der Waals surface area contributed by atoms with Gasteiger partial charge in [-0.2, -0.15) is 0 Å². The quantitative estimate of drug-likeness (QED) is 0.597. The number of nitrogens with one attached hydrogen (secondary N) is 1. The van der Waals surface area contributed by atoms with Gasteiger partial charge in [0.1, 0.15) is 5.69 Å². The molecule has 0 aromatic heterocycles. The number of benzene rings is 2. The number of nitro benzene ring substituents is 1. The predicted octanol–water partition coefficient (Wildman–Crippen LogP) is 3.37. The van der Waals surface area contributed by atoms with Gasteiger partial charge in [0.05, 0.1) is 9.82 Å². The maximum absolute atomic E-state index is 11.5. The zero-order chi connectivity index (χ0) is 19.4. The van der Waals surface area contributed by atoms with Crippen molar-refractivity contribution >= 4 is 32.8 Å². The summed E-state index contributed by atoms with van der Waals surface area (Å²) in [6, 6.07) is 11.3. The van der Waals surface area contributed by atoms with Crippen LogP contribution in [0.25, 0.3) is 0 Å². The van der Waals surface area contributed by atoms with Crippen LogP contribution in [0, 0.1) is 10.1 Å². The summed E-state index contributed by atoms with van der Waals surface area (Å²) in [5.41, 5.74) is 1.62. The Morgan fingerprint density at radius 3 is 2.37 bits per heavy atom. The van der Waals surface area contributed by atoms with Crippen LogP contribution in [0.2, 0.25) is 0 Å². The van der Waals surface area contributed by atoms with Crippen molar-refractivity contribution in [3.63, 3.8) is 0 Å². The van der Waals surface area contributed by atoms with Crippen molar-refractivity contribution in [2.75, 3.05) is 23.3 Å². The number of nitrogens with zero attached hydrogens (tertiary/aromatic N) is 2. The molecule has 1 saturated heterocycles. The zero-order valence-electron chi connectivity index (χ0n) is 14.8. The van der Waals surface area contributed by atoms with Crippen LogP contribution in [0.1, 0.15) is 25.7 Å². The van der Waals surface area contributed by atoms with Gasteiger partial charge in [-0.15, -0.1) is 0 Å². The first kappa shape index (κ1) is 19.1. The molecule has 0 saturated carbocycles. The van der Waals surface area contributed by atoms with E-state index in [2.05, 4.69) is 10.2 Å². The monoisotopic (exact) mass is 390 g/mol. The van der Waals surface area contributed by atoms with Gasteiger partial charge in [-0.1, -0.05) is 18.9 Å². The molecular formula is C18H22N4O4S. The molecule has 1 aliphatic rings. The molecule has 0 spiro atoms. The smallest absolute Gasteiger partial charge is 0.294 e. The molecule has 27 heavy (non-hydrogen) atoms. The minimum atomic E-state index is -4.01. The molecule has 0 bridgehead atoms. The maximum atomic E-state index is 11.5. The minimum Gasteiger partial charge on any atom is -0.371 e. The average molecular weight is 390 g/mol. The van der Waals surface area contributed by atoms with E-state index >= 15 is 0 Å². The van der Waals surface area contributed by atoms with Gasteiger partial charge in [0, 0.05) is 30.5 Å². The number of nitro groups is 1. The number of sulfonamides is 1. The van der Waals surface area contributed by atoms with E-state index in [-0.39, 0.29) is 16.3 Å². The van der Waals surface area contributed by atoms with Crippen LogP contribution < -0.4 is 15.4 Å². The van der Waals surface area contributed by atoms with E-state index in [1.165, 1.54) is 25.0 Å². The van der Waals surface area contributed by atoms with Crippen LogP contribution in [0.15, 0.2) is 47.4 Å². The normalized spacial score (nSPS) is 15.2. The van der Waals surface area contributed by atoms with Crippen molar-refractivity contribution in [3.8, 4) is 0 Å². The molecule has 1 fully saturated rings. The van der Waals surface area contributed by atoms with Crippen LogP contribution in [-0.2, 0) is 10.0 Å². The van der Waals surface area contributed by atoms with Crippen molar-refractivity contribution in [2.45, 2.75) is 30.6 Å². The summed E-state index contributed by atoms with van der Waals surface area (Å²) in [4.78, 5) is 12.8. The molecule has 9 heteroatoms. The van der Waals surface area contributed by atoms with E-state index in [0.29, 0.717) is 5.69 Å². The summed E-state index contributed by atoms with van der Waals surface area (Å²) < 4.78 is 22.9. The molecule has 3 N–H and O–H groups in total. The Kier molecular flexibility index (Phi) is 5.62. The van der Waals surface area contributed by atoms with Gasteiger partial charge in [-0.05, 0) is 43.2 Å². The molecule has 1 aliphatic heterocycles. The van der Waals surface area contributed by atoms with Gasteiger partial charge in [-0.3, -0.25) is 10.1 Å². The fourth-order valence-electron chi connectivity index (χ4n) is 3.21. The first-order valence-corrected chi connectivity index (χ1v) is 10.3. The van der Waals surface area contributed by atoms with Crippen molar-refractivity contribution in [1.29, 1.82) is 0 Å². The lowest BCUT2D eigenvalue weighted by Gasteiger charge is -2.23. The second-order valence-electron chi connectivity index (χ2n) is 6.56. The number of hydrogen-bond acceptors (Lipinski definition) is 6. The first-order valence-electron chi connectivity index (χ1n) is 8.78. The zero-order valence-corrected chi connectivity index (χ0v) is 15.6. The lowest BCUT2D eigenvalue weighted by molar-refractivity contribution is -0.384. The highest BCUT2D eigenvalue weighted by molar-refractivity contribution is 7.89. The Morgan fingerprint density at radius 2 is 1.74 bits per heavy atom. The molecule has 0 radical (unpaired) electrons. The maximum Gasteiger partial charge on any atom is 0.294 e. The summed E-state index contributed by atoms with van der Waals surface area (Å²) >= 11 is 0. The number of anilines is 3. The van der Waals surface area contributed by atoms with Gasteiger partial charge < -0.3 is 10.2 Å². The van der Waals surface area contributed by atoms with E-state index in [9.17, 15) is 18.5 Å². The number of rotatable bonds is 5. The van der Waals surface area contributed by atoms with Gasteiger partial charge in [0.15, 0.2) is 0 Å². The summed E-state index contributed by atoms with van der Waals surface area (Å²) in [7, 11) is -4.01. The van der Waals surface area contributed by atoms with Crippen molar-refractivity contribution in [3.05, 3.63) is 52.6 Å². The second-order valence-corrected chi connectivity index (χ2v) is 8.12. The van der Waals surface area contributed by atoms with Crippen LogP contribution in [0.5, 0.6) is 0 Å². The molecule has 0 unspecified atom stereocenters. The summed E-state index contributed by atoms with van der Waals surface area (Å²) in [5.74, 6) is 0. The van der Waals surface area contributed by atoms with E-state index in [1.54, 1.807) is 0 Å². The first-order chi connectivity index (χ1) is 12.8. The van der Waals surface area contributed by atoms with Gasteiger partial charge >= 0.3 is 0 Å². The van der Waals surface area contributed by atoms with E-state index in [1.807, 2.05) is 24.3 Å². The lowest BCUT2D eigenvalue weighted by Crippen LogP contribution is -2.23. The lowest BCUT2D eigenvalue weighted by atomic mass is 10.2. The third kappa shape index (κ3) is 4.75. The molecule has 0 atom stereocenters. The van der Waals surface area contributed by atoms with Crippen LogP contribution in [0.4, 0.5) is 22.7 Å². The predicted molar refractivity (Wildman–Crippen MR) is 105 cm³/mol. The highest BCUT2D eigenvalue weighted by atomic mass is 32.2. The second kappa shape index (κ2) is 7.93. The minimum absolute atomic E-state index is 0.209. The fourth-order valence-corrected chi connectivity index (χ4v) is 3.74. The van der Waals surface area contributed by atoms with E-state index < -0.39 is 14.9 Å². The molecule has 8 nitrogen and oxygen atoms in total. The van der Waals surface area contributed by atoms with Crippen LogP contribution in [0.3, 0.4) is 0 Å². The van der Waals surface area contributed by atoms with Crippen molar-refractivity contribution < 1.29 is 13.3 Å². The molecule has 2 aromatic carbocycles. The number of hydrogen-bond donors (Lipinski definition) is 2. The van der Waals surface area contributed by atoms with E-state index in [0.717, 1.165) is 37.7 Å². The van der Waals surface area contributed by atoms with E-state index in [4.69, 9.17) is 5.14 Å². The molecule has 2 aromatic rings. The van der Waals surface area contributed by atoms with Crippen LogP contribution >= 0.6 is 0 Å². The molecule has 1 heterocycles. The SMILES string of the molecule is NS(=O)(=O)c1ccc(Nc2cccc(N3CCCCCC3)c2)c([N+](=O)[O-])c1. The third-order valence-electron chi connectivity index (χ3n) is 4.59. The Balaban J connectivity index is 1.89. The standard InChI is InChI=1S/C18H22N4O4S/c19-27(25,26)16-8-9-17(18(13-16)22(23)24)20-14-6-5-7-15(12-14)21-10-3-1-2-4-11-21/h5-9,12-13,20H,1-4,10-11H2,(H2,19,25,26). The highest BCUT2D eigenvalue weighted by Gasteiger charge is 2.19. The number of primary sulfonamides is 1. The van der Waals surface area contributed by atoms with Gasteiger partial charge in [0.25, 0.3) is 5.69 Å². The fraction of sp³-hybridized carbons (Fsp3) is 0.333. The van der Waals surface area contributed by atoms with Gasteiger partial charge in [-0.25, -0.2) is 13.6 Å². The molecular weight excluding hydrogens is 368 g/mol. The Morgan fingerprint density at radius 1 is 1.04 bits per heavy atom. The number of nitrogens with two attached hydrogens (primary N) is 1. The van der Waals surface area contributed by atoms with Gasteiger partial charge in [0.2, 0.25) is 10.0 Å². The molecule has 3 rings (SSSR count). The topological polar surface area (TPSA) is 119 Å². The van der Waals surface area contributed by atoms with Crippen molar-refractivity contribution in [2.24, 2.45) is 5.14 Å². The Labute approximate surface area is 158 Å². The summed E-state index contributed by atoms with van der Waals surface area (Å²) in [6.07, 6.45) is 4.77. The Bertz CT molecular complexity index is 938. The molecule has 0 amide bonds. The summed E-state index contributed by atoms with van der Waals surface area (Å²) in [5, 5.41) is 19.5. The highest BCUT2D eigenvalue weighted by Crippen LogP contribution is 2.31.